The molecule has 1 saturated heterocycles. The number of hydrogen-bond acceptors (Lipinski definition) is 4. The molecule has 1 fully saturated rings. The first-order chi connectivity index (χ1) is 11.5. The molecule has 0 aromatic heterocycles. The number of piperazine rings is 1. The van der Waals surface area contributed by atoms with Crippen LogP contribution in [0.2, 0.25) is 0 Å². The lowest BCUT2D eigenvalue weighted by atomic mass is 10.0. The first kappa shape index (κ1) is 18.1. The molecule has 2 rings (SSSR count). The Bertz CT molecular complexity index is 607. The van der Waals surface area contributed by atoms with Crippen molar-refractivity contribution in [1.82, 2.24) is 9.80 Å². The third-order valence-electron chi connectivity index (χ3n) is 4.47. The van der Waals surface area contributed by atoms with Gasteiger partial charge in [0.25, 0.3) is 0 Å². The first-order valence-corrected chi connectivity index (χ1v) is 8.27. The van der Waals surface area contributed by atoms with Crippen LogP contribution in [0.4, 0.5) is 0 Å². The second kappa shape index (κ2) is 8.04. The minimum atomic E-state index is 0.0777. The van der Waals surface area contributed by atoms with Crippen LogP contribution in [0.5, 0.6) is 11.5 Å². The van der Waals surface area contributed by atoms with Gasteiger partial charge in [-0.05, 0) is 30.2 Å². The van der Waals surface area contributed by atoms with Crippen molar-refractivity contribution in [3.05, 3.63) is 23.3 Å². The first-order valence-electron chi connectivity index (χ1n) is 8.27. The van der Waals surface area contributed by atoms with E-state index in [-0.39, 0.29) is 11.8 Å². The Morgan fingerprint density at radius 1 is 0.958 bits per heavy atom. The number of amides is 2. The molecular formula is C18H26N2O4. The standard InChI is InChI=1S/C18H26N2O4/c1-5-17(21)19-6-8-20(9-7-19)18(22)12-14-11-16(24-4)15(23-3)10-13(14)2/h10-11H,5-9,12H2,1-4H3. The molecular weight excluding hydrogens is 308 g/mol. The second-order valence-corrected chi connectivity index (χ2v) is 5.93. The van der Waals surface area contributed by atoms with Gasteiger partial charge in [0.15, 0.2) is 11.5 Å². The van der Waals surface area contributed by atoms with Crippen molar-refractivity contribution < 1.29 is 19.1 Å². The van der Waals surface area contributed by atoms with Gasteiger partial charge in [0.1, 0.15) is 0 Å². The number of aryl methyl sites for hydroxylation is 1. The van der Waals surface area contributed by atoms with E-state index >= 15 is 0 Å². The average molecular weight is 334 g/mol. The van der Waals surface area contributed by atoms with Gasteiger partial charge >= 0.3 is 0 Å². The Labute approximate surface area is 143 Å². The van der Waals surface area contributed by atoms with E-state index in [4.69, 9.17) is 9.47 Å². The second-order valence-electron chi connectivity index (χ2n) is 5.93. The summed E-state index contributed by atoms with van der Waals surface area (Å²) in [6.45, 7) is 6.24. The van der Waals surface area contributed by atoms with Crippen LogP contribution >= 0.6 is 0 Å². The highest BCUT2D eigenvalue weighted by Gasteiger charge is 2.24. The molecule has 6 heteroatoms. The number of carbonyl (C=O) groups excluding carboxylic acids is 2. The van der Waals surface area contributed by atoms with Gasteiger partial charge in [0, 0.05) is 32.6 Å². The smallest absolute Gasteiger partial charge is 0.227 e. The van der Waals surface area contributed by atoms with E-state index < -0.39 is 0 Å². The lowest BCUT2D eigenvalue weighted by Crippen LogP contribution is -2.50. The highest BCUT2D eigenvalue weighted by Crippen LogP contribution is 2.30. The van der Waals surface area contributed by atoms with Crippen LogP contribution in [0.25, 0.3) is 0 Å². The van der Waals surface area contributed by atoms with Gasteiger partial charge in [0.2, 0.25) is 11.8 Å². The predicted molar refractivity (Wildman–Crippen MR) is 91.4 cm³/mol. The number of methoxy groups -OCH3 is 2. The van der Waals surface area contributed by atoms with Crippen molar-refractivity contribution in [3.8, 4) is 11.5 Å². The van der Waals surface area contributed by atoms with Crippen LogP contribution in [0, 0.1) is 6.92 Å². The predicted octanol–water partition coefficient (Wildman–Crippen LogP) is 1.64. The summed E-state index contributed by atoms with van der Waals surface area (Å²) in [4.78, 5) is 27.9. The molecule has 1 aliphatic rings. The van der Waals surface area contributed by atoms with Gasteiger partial charge in [-0.15, -0.1) is 0 Å². The quantitative estimate of drug-likeness (QED) is 0.821. The normalized spacial score (nSPS) is 14.5. The number of rotatable bonds is 5. The Balaban J connectivity index is 2.02. The van der Waals surface area contributed by atoms with Crippen LogP contribution in [0.1, 0.15) is 24.5 Å². The lowest BCUT2D eigenvalue weighted by Gasteiger charge is -2.34. The van der Waals surface area contributed by atoms with E-state index in [2.05, 4.69) is 0 Å². The number of hydrogen-bond donors (Lipinski definition) is 0. The average Bonchev–Trinajstić information content (AvgIpc) is 2.62. The summed E-state index contributed by atoms with van der Waals surface area (Å²) < 4.78 is 10.6. The van der Waals surface area contributed by atoms with E-state index in [9.17, 15) is 9.59 Å². The van der Waals surface area contributed by atoms with Gasteiger partial charge in [-0.3, -0.25) is 9.59 Å². The number of nitrogens with zero attached hydrogens (tertiary/aromatic N) is 2. The zero-order chi connectivity index (χ0) is 17.7. The maximum absolute atomic E-state index is 12.6. The highest BCUT2D eigenvalue weighted by atomic mass is 16.5. The number of ether oxygens (including phenoxy) is 2. The zero-order valence-corrected chi connectivity index (χ0v) is 14.9. The fourth-order valence-corrected chi connectivity index (χ4v) is 2.92. The van der Waals surface area contributed by atoms with E-state index in [1.54, 1.807) is 14.2 Å². The Morgan fingerprint density at radius 3 is 1.96 bits per heavy atom. The van der Waals surface area contributed by atoms with Gasteiger partial charge in [-0.2, -0.15) is 0 Å². The molecule has 0 spiro atoms. The van der Waals surface area contributed by atoms with Crippen molar-refractivity contribution >= 4 is 11.8 Å². The molecule has 0 saturated carbocycles. The van der Waals surface area contributed by atoms with E-state index in [0.29, 0.717) is 50.5 Å². The summed E-state index contributed by atoms with van der Waals surface area (Å²) in [5, 5.41) is 0. The summed E-state index contributed by atoms with van der Waals surface area (Å²) in [6.07, 6.45) is 0.840. The van der Waals surface area contributed by atoms with Crippen LogP contribution < -0.4 is 9.47 Å². The summed E-state index contributed by atoms with van der Waals surface area (Å²) in [6, 6.07) is 3.75. The SMILES string of the molecule is CCC(=O)N1CCN(C(=O)Cc2cc(OC)c(OC)cc2C)CC1. The minimum absolute atomic E-state index is 0.0777. The highest BCUT2D eigenvalue weighted by molar-refractivity contribution is 5.80. The van der Waals surface area contributed by atoms with Gasteiger partial charge in [0.05, 0.1) is 20.6 Å². The number of carbonyl (C=O) groups is 2. The molecule has 0 radical (unpaired) electrons. The molecule has 1 aliphatic heterocycles. The maximum Gasteiger partial charge on any atom is 0.227 e. The number of benzene rings is 1. The molecule has 6 nitrogen and oxygen atoms in total. The van der Waals surface area contributed by atoms with Crippen LogP contribution in [-0.4, -0.2) is 62.0 Å². The van der Waals surface area contributed by atoms with Crippen molar-refractivity contribution in [2.75, 3.05) is 40.4 Å². The Hall–Kier alpha value is -2.24. The van der Waals surface area contributed by atoms with Crippen molar-refractivity contribution in [3.63, 3.8) is 0 Å². The molecule has 0 atom stereocenters. The molecule has 1 aromatic rings. The van der Waals surface area contributed by atoms with Crippen molar-refractivity contribution in [2.45, 2.75) is 26.7 Å². The molecule has 2 amide bonds. The van der Waals surface area contributed by atoms with Crippen molar-refractivity contribution in [1.29, 1.82) is 0 Å². The maximum atomic E-state index is 12.6. The van der Waals surface area contributed by atoms with E-state index in [1.807, 2.05) is 35.8 Å². The van der Waals surface area contributed by atoms with Crippen LogP contribution in [0.3, 0.4) is 0 Å². The lowest BCUT2D eigenvalue weighted by molar-refractivity contribution is -0.139. The largest absolute Gasteiger partial charge is 0.493 e. The topological polar surface area (TPSA) is 59.1 Å². The van der Waals surface area contributed by atoms with Crippen molar-refractivity contribution in [2.24, 2.45) is 0 Å². The molecule has 1 heterocycles. The van der Waals surface area contributed by atoms with Gasteiger partial charge in [-0.1, -0.05) is 6.92 Å². The van der Waals surface area contributed by atoms with Crippen LogP contribution in [0.15, 0.2) is 12.1 Å². The fraction of sp³-hybridized carbons (Fsp3) is 0.556. The molecule has 24 heavy (non-hydrogen) atoms. The van der Waals surface area contributed by atoms with E-state index in [0.717, 1.165) is 11.1 Å². The molecule has 1 aromatic carbocycles. The summed E-state index contributed by atoms with van der Waals surface area (Å²) in [7, 11) is 3.18. The minimum Gasteiger partial charge on any atom is -0.493 e. The van der Waals surface area contributed by atoms with Crippen LogP contribution in [-0.2, 0) is 16.0 Å². The summed E-state index contributed by atoms with van der Waals surface area (Å²) >= 11 is 0. The Kier molecular flexibility index (Phi) is 6.06. The third-order valence-corrected chi connectivity index (χ3v) is 4.47. The zero-order valence-electron chi connectivity index (χ0n) is 14.9. The Morgan fingerprint density at radius 2 is 1.46 bits per heavy atom. The van der Waals surface area contributed by atoms with Gasteiger partial charge < -0.3 is 19.3 Å². The third kappa shape index (κ3) is 3.99. The molecule has 132 valence electrons. The monoisotopic (exact) mass is 334 g/mol. The molecule has 0 N–H and O–H groups in total. The van der Waals surface area contributed by atoms with E-state index in [1.165, 1.54) is 0 Å². The molecule has 0 unspecified atom stereocenters. The fourth-order valence-electron chi connectivity index (χ4n) is 2.92. The summed E-state index contributed by atoms with van der Waals surface area (Å²) in [5.41, 5.74) is 1.94. The summed E-state index contributed by atoms with van der Waals surface area (Å²) in [5.74, 6) is 1.52. The molecule has 0 bridgehead atoms. The molecule has 0 aliphatic carbocycles. The van der Waals surface area contributed by atoms with Gasteiger partial charge in [-0.25, -0.2) is 0 Å².